The second-order valence-corrected chi connectivity index (χ2v) is 25.8. The van der Waals surface area contributed by atoms with E-state index in [0.29, 0.717) is 25.7 Å². The minimum atomic E-state index is -4.94. The summed E-state index contributed by atoms with van der Waals surface area (Å²) >= 11 is 0. The Bertz CT molecular complexity index is 1580. The Morgan fingerprint density at radius 1 is 0.333 bits per heavy atom. The van der Waals surface area contributed by atoms with Gasteiger partial charge in [0.2, 0.25) is 0 Å². The molecule has 0 aliphatic rings. The number of carbonyl (C=O) groups excluding carboxylic acids is 4. The molecule has 5 atom stereocenters. The van der Waals surface area contributed by atoms with Crippen molar-refractivity contribution in [2.75, 3.05) is 39.6 Å². The molecule has 0 fully saturated rings. The first-order valence-corrected chi connectivity index (χ1v) is 35.6. The van der Waals surface area contributed by atoms with E-state index in [-0.39, 0.29) is 25.7 Å². The van der Waals surface area contributed by atoms with Crippen molar-refractivity contribution < 1.29 is 80.2 Å². The normalized spacial score (nSPS) is 14.3. The molecule has 0 aliphatic carbocycles. The molecule has 0 aromatic carbocycles. The summed E-state index contributed by atoms with van der Waals surface area (Å²) in [5.74, 6) is -1.37. The molecular formula is C62H120O17P2. The molecule has 0 rings (SSSR count). The molecule has 81 heavy (non-hydrogen) atoms. The van der Waals surface area contributed by atoms with E-state index >= 15 is 0 Å². The van der Waals surface area contributed by atoms with Crippen LogP contribution in [-0.4, -0.2) is 96.7 Å². The van der Waals surface area contributed by atoms with Crippen LogP contribution in [0.3, 0.4) is 0 Å². The Kier molecular flexibility index (Phi) is 54.6. The lowest BCUT2D eigenvalue weighted by Crippen LogP contribution is -2.30. The minimum absolute atomic E-state index is 0.106. The molecular weight excluding hydrogens is 1080 g/mol. The van der Waals surface area contributed by atoms with Crippen LogP contribution < -0.4 is 0 Å². The number of phosphoric acid groups is 2. The number of esters is 4. The van der Waals surface area contributed by atoms with Crippen LogP contribution in [0, 0.1) is 5.92 Å². The third kappa shape index (κ3) is 56.9. The summed E-state index contributed by atoms with van der Waals surface area (Å²) < 4.78 is 67.8. The molecule has 0 aromatic heterocycles. The molecule has 2 unspecified atom stereocenters. The summed E-state index contributed by atoms with van der Waals surface area (Å²) in [5.41, 5.74) is 0. The SMILES string of the molecule is CCCCCCCCCCCCC(=O)OC[C@H](COP(=O)(O)OC[C@@H](O)COP(=O)(O)OC[C@@H](COC(=O)CCCCCCCCCC)OC(=O)CCCCCCCCCCC)OC(=O)CCCCCCCCCCCCCC(C)C. The van der Waals surface area contributed by atoms with E-state index in [1.807, 2.05) is 0 Å². The maximum atomic E-state index is 13.0. The maximum Gasteiger partial charge on any atom is 0.472 e. The first-order chi connectivity index (χ1) is 39.0. The van der Waals surface area contributed by atoms with Gasteiger partial charge in [-0.25, -0.2) is 9.13 Å². The number of unbranched alkanes of at least 4 members (excludes halogenated alkanes) is 34. The molecule has 0 aliphatic heterocycles. The molecule has 19 heteroatoms. The number of ether oxygens (including phenoxy) is 4. The molecule has 0 spiro atoms. The lowest BCUT2D eigenvalue weighted by molar-refractivity contribution is -0.161. The molecule has 0 heterocycles. The molecule has 0 bridgehead atoms. The van der Waals surface area contributed by atoms with Gasteiger partial charge in [0.25, 0.3) is 0 Å². The van der Waals surface area contributed by atoms with Gasteiger partial charge in [0.05, 0.1) is 26.4 Å². The number of phosphoric ester groups is 2. The summed E-state index contributed by atoms with van der Waals surface area (Å²) in [6, 6.07) is 0. The lowest BCUT2D eigenvalue weighted by Gasteiger charge is -2.21. The molecule has 0 amide bonds. The van der Waals surface area contributed by atoms with Crippen molar-refractivity contribution in [3.63, 3.8) is 0 Å². The van der Waals surface area contributed by atoms with E-state index in [9.17, 15) is 43.2 Å². The van der Waals surface area contributed by atoms with Gasteiger partial charge in [0.1, 0.15) is 19.3 Å². The molecule has 3 N–H and O–H groups in total. The van der Waals surface area contributed by atoms with E-state index in [1.54, 1.807) is 0 Å². The lowest BCUT2D eigenvalue weighted by atomic mass is 10.0. The quantitative estimate of drug-likeness (QED) is 0.0222. The number of hydrogen-bond acceptors (Lipinski definition) is 15. The first-order valence-electron chi connectivity index (χ1n) is 32.6. The van der Waals surface area contributed by atoms with Crippen LogP contribution in [0.5, 0.6) is 0 Å². The zero-order valence-corrected chi connectivity index (χ0v) is 53.7. The highest BCUT2D eigenvalue weighted by Crippen LogP contribution is 2.45. The van der Waals surface area contributed by atoms with E-state index < -0.39 is 97.5 Å². The fourth-order valence-corrected chi connectivity index (χ4v) is 10.8. The second kappa shape index (κ2) is 55.9. The van der Waals surface area contributed by atoms with Crippen LogP contribution in [0.2, 0.25) is 0 Å². The Morgan fingerprint density at radius 3 is 0.840 bits per heavy atom. The van der Waals surface area contributed by atoms with Crippen LogP contribution in [-0.2, 0) is 65.4 Å². The largest absolute Gasteiger partial charge is 0.472 e. The van der Waals surface area contributed by atoms with Crippen LogP contribution in [0.25, 0.3) is 0 Å². The Morgan fingerprint density at radius 2 is 0.568 bits per heavy atom. The summed E-state index contributed by atoms with van der Waals surface area (Å²) in [5, 5.41) is 10.5. The van der Waals surface area contributed by atoms with E-state index in [0.717, 1.165) is 102 Å². The van der Waals surface area contributed by atoms with Gasteiger partial charge in [0.15, 0.2) is 12.2 Å². The van der Waals surface area contributed by atoms with Crippen molar-refractivity contribution in [2.45, 2.75) is 329 Å². The predicted octanol–water partition coefficient (Wildman–Crippen LogP) is 17.0. The van der Waals surface area contributed by atoms with Gasteiger partial charge in [-0.15, -0.1) is 0 Å². The number of aliphatic hydroxyl groups is 1. The number of aliphatic hydroxyl groups excluding tert-OH is 1. The molecule has 0 saturated carbocycles. The second-order valence-electron chi connectivity index (χ2n) is 22.9. The summed E-state index contributed by atoms with van der Waals surface area (Å²) in [4.78, 5) is 72.0. The predicted molar refractivity (Wildman–Crippen MR) is 322 cm³/mol. The van der Waals surface area contributed by atoms with Crippen LogP contribution in [0.1, 0.15) is 311 Å². The van der Waals surface area contributed by atoms with Gasteiger partial charge < -0.3 is 33.8 Å². The third-order valence-electron chi connectivity index (χ3n) is 14.3. The first kappa shape index (κ1) is 79.1. The average molecular weight is 1200 g/mol. The fraction of sp³-hybridized carbons (Fsp3) is 0.935. The number of carbonyl (C=O) groups is 4. The highest BCUT2D eigenvalue weighted by atomic mass is 31.2. The zero-order valence-electron chi connectivity index (χ0n) is 51.9. The third-order valence-corrected chi connectivity index (χ3v) is 16.2. The molecule has 17 nitrogen and oxygen atoms in total. The average Bonchev–Trinajstić information content (AvgIpc) is 3.43. The number of rotatable bonds is 62. The zero-order chi connectivity index (χ0) is 59.9. The van der Waals surface area contributed by atoms with Crippen molar-refractivity contribution >= 4 is 39.5 Å². The van der Waals surface area contributed by atoms with Gasteiger partial charge >= 0.3 is 39.5 Å². The van der Waals surface area contributed by atoms with Gasteiger partial charge in [-0.2, -0.15) is 0 Å². The molecule has 0 saturated heterocycles. The van der Waals surface area contributed by atoms with Crippen LogP contribution in [0.15, 0.2) is 0 Å². The van der Waals surface area contributed by atoms with Crippen molar-refractivity contribution in [3.8, 4) is 0 Å². The standard InChI is InChI=1S/C62H120O17P2/c1-6-9-12-15-18-21-27-31-36-41-46-60(65)73-52-58(79-62(67)48-43-38-33-28-24-22-23-26-29-34-39-44-55(4)5)54-77-81(70,71)75-50-56(63)49-74-80(68,69)76-53-57(51-72-59(64)45-40-35-30-20-17-14-11-8-3)78-61(66)47-42-37-32-25-19-16-13-10-7-2/h55-58,63H,6-54H2,1-5H3,(H,68,69)(H,70,71)/t56-,57+,58+/m0/s1. The Labute approximate surface area is 492 Å². The maximum absolute atomic E-state index is 13.0. The van der Waals surface area contributed by atoms with Crippen molar-refractivity contribution in [1.29, 1.82) is 0 Å². The van der Waals surface area contributed by atoms with Crippen molar-refractivity contribution in [2.24, 2.45) is 5.92 Å². The van der Waals surface area contributed by atoms with Gasteiger partial charge in [-0.1, -0.05) is 259 Å². The van der Waals surface area contributed by atoms with Crippen molar-refractivity contribution in [3.05, 3.63) is 0 Å². The van der Waals surface area contributed by atoms with Crippen LogP contribution in [0.4, 0.5) is 0 Å². The van der Waals surface area contributed by atoms with E-state index in [1.165, 1.54) is 128 Å². The topological polar surface area (TPSA) is 237 Å². The van der Waals surface area contributed by atoms with E-state index in [4.69, 9.17) is 37.0 Å². The molecule has 480 valence electrons. The highest BCUT2D eigenvalue weighted by Gasteiger charge is 2.30. The van der Waals surface area contributed by atoms with Gasteiger partial charge in [0, 0.05) is 25.7 Å². The van der Waals surface area contributed by atoms with E-state index in [2.05, 4.69) is 34.6 Å². The summed E-state index contributed by atoms with van der Waals surface area (Å²) in [6.45, 7) is 7.13. The number of hydrogen-bond donors (Lipinski definition) is 3. The fourth-order valence-electron chi connectivity index (χ4n) is 9.23. The Hall–Kier alpha value is -1.94. The molecule has 0 aromatic rings. The van der Waals surface area contributed by atoms with Gasteiger partial charge in [-0.3, -0.25) is 37.3 Å². The summed E-state index contributed by atoms with van der Waals surface area (Å²) in [7, 11) is -9.88. The van der Waals surface area contributed by atoms with Gasteiger partial charge in [-0.05, 0) is 31.6 Å². The Balaban J connectivity index is 5.21. The highest BCUT2D eigenvalue weighted by molar-refractivity contribution is 7.47. The summed E-state index contributed by atoms with van der Waals surface area (Å²) in [6.07, 6.45) is 38.9. The monoisotopic (exact) mass is 1200 g/mol. The van der Waals surface area contributed by atoms with Crippen molar-refractivity contribution in [1.82, 2.24) is 0 Å². The molecule has 0 radical (unpaired) electrons. The smallest absolute Gasteiger partial charge is 0.462 e. The minimum Gasteiger partial charge on any atom is -0.462 e. The van der Waals surface area contributed by atoms with Crippen LogP contribution >= 0.6 is 15.6 Å².